The Kier molecular flexibility index (Phi) is 5.13. The van der Waals surface area contributed by atoms with Gasteiger partial charge in [0, 0.05) is 16.2 Å². The lowest BCUT2D eigenvalue weighted by Crippen LogP contribution is -2.39. The molecule has 0 aromatic heterocycles. The van der Waals surface area contributed by atoms with Gasteiger partial charge in [0.05, 0.1) is 5.56 Å². The summed E-state index contributed by atoms with van der Waals surface area (Å²) in [5.74, 6) is 0. The van der Waals surface area contributed by atoms with Crippen LogP contribution in [0, 0.1) is 0 Å². The lowest BCUT2D eigenvalue weighted by Gasteiger charge is -2.23. The zero-order valence-electron chi connectivity index (χ0n) is 11.3. The normalized spacial score (nSPS) is 16.6. The maximum Gasteiger partial charge on any atom is 0.417 e. The van der Waals surface area contributed by atoms with Gasteiger partial charge in [-0.3, -0.25) is 0 Å². The maximum atomic E-state index is 12.8. The maximum absolute atomic E-state index is 12.8. The second kappa shape index (κ2) is 6.68. The average molecular weight is 365 g/mol. The van der Waals surface area contributed by atoms with Gasteiger partial charge >= 0.3 is 12.2 Å². The molecule has 2 N–H and O–H groups in total. The van der Waals surface area contributed by atoms with Gasteiger partial charge < -0.3 is 10.6 Å². The second-order valence-electron chi connectivity index (χ2n) is 5.13. The van der Waals surface area contributed by atoms with E-state index < -0.39 is 17.8 Å². The molecule has 2 amide bonds. The van der Waals surface area contributed by atoms with Crippen LogP contribution in [0.25, 0.3) is 0 Å². The summed E-state index contributed by atoms with van der Waals surface area (Å²) in [4.78, 5) is 11.8. The fourth-order valence-corrected chi connectivity index (χ4v) is 2.89. The van der Waals surface area contributed by atoms with Crippen molar-refractivity contribution in [1.29, 1.82) is 0 Å². The van der Waals surface area contributed by atoms with E-state index in [-0.39, 0.29) is 16.2 Å². The summed E-state index contributed by atoms with van der Waals surface area (Å²) < 4.78 is 38.3. The smallest absolute Gasteiger partial charge is 0.335 e. The van der Waals surface area contributed by atoms with E-state index in [1.54, 1.807) is 0 Å². The molecule has 1 aromatic rings. The van der Waals surface area contributed by atoms with E-state index >= 15 is 0 Å². The van der Waals surface area contributed by atoms with E-state index in [1.807, 2.05) is 0 Å². The Morgan fingerprint density at radius 1 is 1.19 bits per heavy atom. The molecule has 3 nitrogen and oxygen atoms in total. The molecule has 21 heavy (non-hydrogen) atoms. The van der Waals surface area contributed by atoms with E-state index in [9.17, 15) is 18.0 Å². The molecule has 0 heterocycles. The number of anilines is 1. The third-order valence-electron chi connectivity index (χ3n) is 3.47. The third kappa shape index (κ3) is 4.62. The molecule has 0 bridgehead atoms. The molecule has 0 atom stereocenters. The number of hydrogen-bond acceptors (Lipinski definition) is 1. The zero-order valence-corrected chi connectivity index (χ0v) is 12.9. The van der Waals surface area contributed by atoms with E-state index in [0.29, 0.717) is 0 Å². The van der Waals surface area contributed by atoms with Gasteiger partial charge in [-0.2, -0.15) is 13.2 Å². The standard InChI is InChI=1S/C14H16BrF3N2O/c15-12-7-6-10(8-11(12)14(16,17)18)20-13(21)19-9-4-2-1-3-5-9/h6-9H,1-5H2,(H2,19,20,21). The molecule has 1 fully saturated rings. The number of carbonyl (C=O) groups excluding carboxylic acids is 1. The summed E-state index contributed by atoms with van der Waals surface area (Å²) in [5, 5.41) is 5.26. The highest BCUT2D eigenvalue weighted by Gasteiger charge is 2.33. The van der Waals surface area contributed by atoms with Crippen molar-refractivity contribution in [2.45, 2.75) is 44.3 Å². The Balaban J connectivity index is 2.00. The topological polar surface area (TPSA) is 41.1 Å². The summed E-state index contributed by atoms with van der Waals surface area (Å²) in [6, 6.07) is 3.28. The van der Waals surface area contributed by atoms with Gasteiger partial charge in [-0.25, -0.2) is 4.79 Å². The molecular formula is C14H16BrF3N2O. The minimum absolute atomic E-state index is 0.0479. The van der Waals surface area contributed by atoms with E-state index in [0.717, 1.165) is 31.7 Å². The number of urea groups is 1. The van der Waals surface area contributed by atoms with Crippen LogP contribution in [0.2, 0.25) is 0 Å². The summed E-state index contributed by atoms with van der Waals surface area (Å²) >= 11 is 2.86. The largest absolute Gasteiger partial charge is 0.417 e. The Morgan fingerprint density at radius 3 is 2.48 bits per heavy atom. The van der Waals surface area contributed by atoms with Crippen LogP contribution in [-0.4, -0.2) is 12.1 Å². The van der Waals surface area contributed by atoms with Gasteiger partial charge in [-0.1, -0.05) is 35.2 Å². The van der Waals surface area contributed by atoms with Crippen molar-refractivity contribution >= 4 is 27.6 Å². The van der Waals surface area contributed by atoms with Crippen molar-refractivity contribution in [3.63, 3.8) is 0 Å². The first kappa shape index (κ1) is 16.1. The van der Waals surface area contributed by atoms with Crippen LogP contribution >= 0.6 is 15.9 Å². The number of amides is 2. The quantitative estimate of drug-likeness (QED) is 0.767. The fraction of sp³-hybridized carbons (Fsp3) is 0.500. The minimum Gasteiger partial charge on any atom is -0.335 e. The lowest BCUT2D eigenvalue weighted by molar-refractivity contribution is -0.138. The number of benzene rings is 1. The van der Waals surface area contributed by atoms with Crippen molar-refractivity contribution in [1.82, 2.24) is 5.32 Å². The summed E-state index contributed by atoms with van der Waals surface area (Å²) in [6.45, 7) is 0. The monoisotopic (exact) mass is 364 g/mol. The molecule has 116 valence electrons. The van der Waals surface area contributed by atoms with Crippen LogP contribution in [0.1, 0.15) is 37.7 Å². The first-order chi connectivity index (χ1) is 9.86. The number of nitrogens with one attached hydrogen (secondary N) is 2. The van der Waals surface area contributed by atoms with E-state index in [4.69, 9.17) is 0 Å². The highest BCUT2D eigenvalue weighted by atomic mass is 79.9. The molecule has 0 unspecified atom stereocenters. The lowest BCUT2D eigenvalue weighted by atomic mass is 9.96. The SMILES string of the molecule is O=C(Nc1ccc(Br)c(C(F)(F)F)c1)NC1CCCCC1. The van der Waals surface area contributed by atoms with Crippen molar-refractivity contribution in [3.05, 3.63) is 28.2 Å². The Morgan fingerprint density at radius 2 is 1.86 bits per heavy atom. The number of hydrogen-bond donors (Lipinski definition) is 2. The Labute approximate surface area is 129 Å². The zero-order chi connectivity index (χ0) is 15.5. The molecule has 1 aliphatic carbocycles. The van der Waals surface area contributed by atoms with Crippen molar-refractivity contribution in [3.8, 4) is 0 Å². The molecule has 0 spiro atoms. The molecule has 0 aliphatic heterocycles. The highest BCUT2D eigenvalue weighted by Crippen LogP contribution is 2.36. The first-order valence-corrected chi connectivity index (χ1v) is 7.60. The van der Waals surface area contributed by atoms with Crippen molar-refractivity contribution in [2.75, 3.05) is 5.32 Å². The molecule has 1 aromatic carbocycles. The van der Waals surface area contributed by atoms with Crippen molar-refractivity contribution in [2.24, 2.45) is 0 Å². The number of rotatable bonds is 2. The molecule has 1 saturated carbocycles. The second-order valence-corrected chi connectivity index (χ2v) is 5.98. The Bertz CT molecular complexity index is 513. The third-order valence-corrected chi connectivity index (χ3v) is 4.16. The van der Waals surface area contributed by atoms with Gasteiger partial charge in [-0.05, 0) is 31.0 Å². The first-order valence-electron chi connectivity index (χ1n) is 6.80. The van der Waals surface area contributed by atoms with Gasteiger partial charge in [0.1, 0.15) is 0 Å². The summed E-state index contributed by atoms with van der Waals surface area (Å²) in [6.07, 6.45) is 0.684. The molecule has 2 rings (SSSR count). The summed E-state index contributed by atoms with van der Waals surface area (Å²) in [5.41, 5.74) is -0.684. The number of halogens is 4. The molecule has 1 aliphatic rings. The predicted molar refractivity (Wildman–Crippen MR) is 78.2 cm³/mol. The van der Waals surface area contributed by atoms with Gasteiger partial charge in [-0.15, -0.1) is 0 Å². The van der Waals surface area contributed by atoms with Gasteiger partial charge in [0.15, 0.2) is 0 Å². The highest BCUT2D eigenvalue weighted by molar-refractivity contribution is 9.10. The van der Waals surface area contributed by atoms with E-state index in [2.05, 4.69) is 26.6 Å². The van der Waals surface area contributed by atoms with E-state index in [1.165, 1.54) is 18.6 Å². The van der Waals surface area contributed by atoms with Crippen LogP contribution in [0.5, 0.6) is 0 Å². The van der Waals surface area contributed by atoms with Crippen molar-refractivity contribution < 1.29 is 18.0 Å². The summed E-state index contributed by atoms with van der Waals surface area (Å²) in [7, 11) is 0. The molecule has 0 saturated heterocycles. The van der Waals surface area contributed by atoms with Crippen LogP contribution in [-0.2, 0) is 6.18 Å². The van der Waals surface area contributed by atoms with Crippen LogP contribution in [0.4, 0.5) is 23.7 Å². The molecule has 7 heteroatoms. The molecular weight excluding hydrogens is 349 g/mol. The van der Waals surface area contributed by atoms with Gasteiger partial charge in [0.25, 0.3) is 0 Å². The number of carbonyl (C=O) groups is 1. The minimum atomic E-state index is -4.46. The predicted octanol–water partition coefficient (Wildman–Crippen LogP) is 4.92. The van der Waals surface area contributed by atoms with Crippen LogP contribution in [0.15, 0.2) is 22.7 Å². The average Bonchev–Trinajstić information content (AvgIpc) is 2.41. The van der Waals surface area contributed by atoms with Crippen LogP contribution in [0.3, 0.4) is 0 Å². The molecule has 0 radical (unpaired) electrons. The fourth-order valence-electron chi connectivity index (χ4n) is 2.42. The van der Waals surface area contributed by atoms with Gasteiger partial charge in [0.2, 0.25) is 0 Å². The van der Waals surface area contributed by atoms with Crippen LogP contribution < -0.4 is 10.6 Å². The number of alkyl halides is 3. The Hall–Kier alpha value is -1.24.